The number of amides is 1. The number of aromatic nitrogens is 4. The second-order valence-electron chi connectivity index (χ2n) is 5.99. The molecule has 0 spiro atoms. The molecule has 12 nitrogen and oxygen atoms in total. The van der Waals surface area contributed by atoms with Crippen molar-refractivity contribution in [1.29, 1.82) is 0 Å². The second kappa shape index (κ2) is 8.22. The van der Waals surface area contributed by atoms with Crippen LogP contribution in [0.3, 0.4) is 0 Å². The van der Waals surface area contributed by atoms with Crippen molar-refractivity contribution in [3.8, 4) is 0 Å². The van der Waals surface area contributed by atoms with Crippen LogP contribution in [0.15, 0.2) is 28.4 Å². The van der Waals surface area contributed by atoms with Gasteiger partial charge in [-0.2, -0.15) is 4.98 Å². The lowest BCUT2D eigenvalue weighted by molar-refractivity contribution is -0.0393. The predicted octanol–water partition coefficient (Wildman–Crippen LogP) is 0.741. The maximum Gasteiger partial charge on any atom is 0.413 e. The van der Waals surface area contributed by atoms with Crippen molar-refractivity contribution in [3.05, 3.63) is 39.5 Å². The zero-order valence-electron chi connectivity index (χ0n) is 14.7. The molecule has 1 aliphatic rings. The first-order valence-corrected chi connectivity index (χ1v) is 8.20. The fourth-order valence-electron chi connectivity index (χ4n) is 2.67. The van der Waals surface area contributed by atoms with Gasteiger partial charge < -0.3 is 19.1 Å². The summed E-state index contributed by atoms with van der Waals surface area (Å²) in [5, 5.41) is 14.0. The van der Waals surface area contributed by atoms with Crippen LogP contribution in [0.25, 0.3) is 0 Å². The van der Waals surface area contributed by atoms with Gasteiger partial charge in [0.15, 0.2) is 6.23 Å². The first kappa shape index (κ1) is 19.6. The predicted molar refractivity (Wildman–Crippen MR) is 91.5 cm³/mol. The van der Waals surface area contributed by atoms with Crippen molar-refractivity contribution in [2.45, 2.75) is 31.5 Å². The molecule has 0 unspecified atom stereocenters. The first-order valence-electron chi connectivity index (χ1n) is 8.20. The van der Waals surface area contributed by atoms with Crippen LogP contribution in [0, 0.1) is 4.91 Å². The van der Waals surface area contributed by atoms with E-state index in [4.69, 9.17) is 14.6 Å². The third-order valence-corrected chi connectivity index (χ3v) is 4.16. The van der Waals surface area contributed by atoms with Gasteiger partial charge in [-0.1, -0.05) is 0 Å². The van der Waals surface area contributed by atoms with Gasteiger partial charge in [0.25, 0.3) is 5.95 Å². The Hall–Kier alpha value is -3.19. The van der Waals surface area contributed by atoms with Gasteiger partial charge in [0.05, 0.1) is 24.6 Å². The molecule has 2 aromatic heterocycles. The van der Waals surface area contributed by atoms with E-state index in [0.717, 1.165) is 4.57 Å². The van der Waals surface area contributed by atoms with Crippen molar-refractivity contribution in [3.63, 3.8) is 0 Å². The number of ether oxygens (including phenoxy) is 2. The minimum absolute atomic E-state index is 0.0325. The van der Waals surface area contributed by atoms with Crippen molar-refractivity contribution >= 4 is 17.9 Å². The van der Waals surface area contributed by atoms with Crippen LogP contribution in [-0.4, -0.2) is 49.2 Å². The van der Waals surface area contributed by atoms with Gasteiger partial charge >= 0.3 is 11.8 Å². The van der Waals surface area contributed by atoms with Gasteiger partial charge in [0, 0.05) is 24.8 Å². The molecule has 1 fully saturated rings. The minimum Gasteiger partial charge on any atom is -0.443 e. The second-order valence-corrected chi connectivity index (χ2v) is 5.99. The van der Waals surface area contributed by atoms with E-state index in [1.54, 1.807) is 0 Å². The summed E-state index contributed by atoms with van der Waals surface area (Å²) in [5.74, 6) is -0.161. The van der Waals surface area contributed by atoms with Crippen LogP contribution in [0.4, 0.5) is 21.0 Å². The number of carbonyl (C=O) groups is 1. The summed E-state index contributed by atoms with van der Waals surface area (Å²) < 4.78 is 26.5. The van der Waals surface area contributed by atoms with Crippen LogP contribution in [0.1, 0.15) is 18.3 Å². The molecular formula is C15H17FN6O6. The summed E-state index contributed by atoms with van der Waals surface area (Å²) in [6.45, 7) is -0.546. The average Bonchev–Trinajstić information content (AvgIpc) is 3.22. The van der Waals surface area contributed by atoms with Gasteiger partial charge in [-0.25, -0.2) is 19.0 Å². The number of hydrogen-bond acceptors (Lipinski definition) is 9. The summed E-state index contributed by atoms with van der Waals surface area (Å²) in [5.41, 5.74) is -0.406. The molecule has 0 saturated carbocycles. The molecule has 1 amide bonds. The molecule has 0 aromatic carbocycles. The van der Waals surface area contributed by atoms with Gasteiger partial charge in [0.1, 0.15) is 18.6 Å². The van der Waals surface area contributed by atoms with Gasteiger partial charge in [-0.3, -0.25) is 9.88 Å². The number of aliphatic hydroxyl groups excluding tert-OH is 1. The number of imidazole rings is 1. The third-order valence-electron chi connectivity index (χ3n) is 4.16. The number of nitrogens with one attached hydrogen (secondary N) is 1. The molecule has 2 N–H and O–H groups in total. The number of rotatable bonds is 6. The molecular weight excluding hydrogens is 379 g/mol. The van der Waals surface area contributed by atoms with E-state index in [2.05, 4.69) is 20.5 Å². The number of nitroso groups, excluding NO2 is 1. The average molecular weight is 396 g/mol. The molecule has 3 heterocycles. The Morgan fingerprint density at radius 1 is 1.57 bits per heavy atom. The number of carbonyl (C=O) groups excluding carboxylic acids is 1. The molecule has 0 aliphatic carbocycles. The molecule has 28 heavy (non-hydrogen) atoms. The Morgan fingerprint density at radius 3 is 2.96 bits per heavy atom. The number of alkyl halides is 1. The van der Waals surface area contributed by atoms with Gasteiger partial charge in [-0.15, -0.1) is 4.91 Å². The molecule has 3 atom stereocenters. The number of nitrogens with zero attached hydrogens (tertiary/aromatic N) is 5. The molecule has 13 heteroatoms. The van der Waals surface area contributed by atoms with E-state index < -0.39 is 30.3 Å². The Labute approximate surface area is 156 Å². The van der Waals surface area contributed by atoms with Crippen LogP contribution in [-0.2, 0) is 23.1 Å². The molecule has 3 rings (SSSR count). The van der Waals surface area contributed by atoms with Crippen LogP contribution in [0.5, 0.6) is 0 Å². The smallest absolute Gasteiger partial charge is 0.413 e. The number of hydrogen-bond donors (Lipinski definition) is 2. The van der Waals surface area contributed by atoms with Crippen LogP contribution >= 0.6 is 0 Å². The SMILES string of the molecule is Cn1c(COC(=O)Nc2ccn([C@@H]3O[C@H](CO)C[C@@H]3F)c(=O)n2)cnc1N=O. The Morgan fingerprint density at radius 2 is 2.36 bits per heavy atom. The van der Waals surface area contributed by atoms with Gasteiger partial charge in [0.2, 0.25) is 0 Å². The summed E-state index contributed by atoms with van der Waals surface area (Å²) in [6.07, 6.45) is -1.72. The zero-order chi connectivity index (χ0) is 20.3. The normalized spacial score (nSPS) is 21.5. The Kier molecular flexibility index (Phi) is 5.75. The van der Waals surface area contributed by atoms with Crippen LogP contribution < -0.4 is 11.0 Å². The maximum absolute atomic E-state index is 14.0. The molecule has 1 saturated heterocycles. The van der Waals surface area contributed by atoms with E-state index in [-0.39, 0.29) is 31.4 Å². The number of anilines is 1. The fraction of sp³-hybridized carbons (Fsp3) is 0.467. The van der Waals surface area contributed by atoms with Crippen molar-refractivity contribution in [1.82, 2.24) is 19.1 Å². The summed E-state index contributed by atoms with van der Waals surface area (Å²) in [6, 6.07) is 1.28. The van der Waals surface area contributed by atoms with E-state index in [0.29, 0.717) is 5.69 Å². The largest absolute Gasteiger partial charge is 0.443 e. The summed E-state index contributed by atoms with van der Waals surface area (Å²) in [4.78, 5) is 41.8. The van der Waals surface area contributed by atoms with Crippen molar-refractivity contribution < 1.29 is 23.8 Å². The monoisotopic (exact) mass is 396 g/mol. The van der Waals surface area contributed by atoms with E-state index in [1.165, 1.54) is 30.1 Å². The molecule has 0 radical (unpaired) electrons. The Balaban J connectivity index is 1.61. The minimum atomic E-state index is -1.47. The first-order chi connectivity index (χ1) is 13.4. The highest BCUT2D eigenvalue weighted by Gasteiger charge is 2.37. The summed E-state index contributed by atoms with van der Waals surface area (Å²) in [7, 11) is 1.53. The standard InChI is InChI=1S/C15H17FN6O6/c1-21-8(5-17-13(21)20-26)7-27-15(25)19-11-2-3-22(14(24)18-11)12-10(16)4-9(6-23)28-12/h2-3,5,9-10,12,23H,4,6-7H2,1H3,(H,18,19,24,25)/t9-,10-,12+/m0/s1. The van der Waals surface area contributed by atoms with Crippen molar-refractivity contribution in [2.75, 3.05) is 11.9 Å². The third kappa shape index (κ3) is 4.04. The highest BCUT2D eigenvalue weighted by atomic mass is 19.1. The quantitative estimate of drug-likeness (QED) is 0.679. The highest BCUT2D eigenvalue weighted by Crippen LogP contribution is 2.30. The lowest BCUT2D eigenvalue weighted by Crippen LogP contribution is -2.31. The highest BCUT2D eigenvalue weighted by molar-refractivity contribution is 5.83. The van der Waals surface area contributed by atoms with E-state index in [1.807, 2.05) is 0 Å². The number of aliphatic hydroxyl groups is 1. The fourth-order valence-corrected chi connectivity index (χ4v) is 2.67. The lowest BCUT2D eigenvalue weighted by Gasteiger charge is -2.16. The lowest BCUT2D eigenvalue weighted by atomic mass is 10.2. The molecule has 2 aromatic rings. The Bertz CT molecular complexity index is 930. The van der Waals surface area contributed by atoms with E-state index in [9.17, 15) is 18.9 Å². The molecule has 0 bridgehead atoms. The van der Waals surface area contributed by atoms with Crippen LogP contribution in [0.2, 0.25) is 0 Å². The van der Waals surface area contributed by atoms with Crippen molar-refractivity contribution in [2.24, 2.45) is 12.2 Å². The topological polar surface area (TPSA) is 150 Å². The zero-order valence-corrected chi connectivity index (χ0v) is 14.7. The molecule has 150 valence electrons. The van der Waals surface area contributed by atoms with Gasteiger partial charge in [-0.05, 0) is 6.07 Å². The number of halogens is 1. The maximum atomic E-state index is 14.0. The molecule has 1 aliphatic heterocycles. The van der Waals surface area contributed by atoms with E-state index >= 15 is 0 Å². The summed E-state index contributed by atoms with van der Waals surface area (Å²) >= 11 is 0.